The van der Waals surface area contributed by atoms with Crippen LogP contribution in [0.25, 0.3) is 0 Å². The lowest BCUT2D eigenvalue weighted by molar-refractivity contribution is 0.234. The van der Waals surface area contributed by atoms with E-state index in [-0.39, 0.29) is 0 Å². The zero-order valence-corrected chi connectivity index (χ0v) is 11.8. The van der Waals surface area contributed by atoms with Crippen molar-refractivity contribution >= 4 is 5.69 Å². The van der Waals surface area contributed by atoms with Gasteiger partial charge in [0.05, 0.1) is 0 Å². The van der Waals surface area contributed by atoms with Gasteiger partial charge in [-0.1, -0.05) is 12.1 Å². The molecule has 0 saturated carbocycles. The van der Waals surface area contributed by atoms with E-state index in [9.17, 15) is 0 Å². The fraction of sp³-hybridized carbons (Fsp3) is 0.600. The molecule has 100 valence electrons. The van der Waals surface area contributed by atoms with Crippen LogP contribution >= 0.6 is 0 Å². The summed E-state index contributed by atoms with van der Waals surface area (Å²) < 4.78 is 0. The van der Waals surface area contributed by atoms with E-state index in [2.05, 4.69) is 60.5 Å². The molecule has 0 amide bonds. The summed E-state index contributed by atoms with van der Waals surface area (Å²) in [7, 11) is 6.35. The van der Waals surface area contributed by atoms with Gasteiger partial charge in [0.1, 0.15) is 0 Å². The van der Waals surface area contributed by atoms with E-state index in [1.807, 2.05) is 0 Å². The SMILES string of the molecule is CN1CCC(NCc2ccc(N(C)C)cc2)CC1. The van der Waals surface area contributed by atoms with Crippen LogP contribution in [0.1, 0.15) is 18.4 Å². The van der Waals surface area contributed by atoms with Crippen LogP contribution in [0.4, 0.5) is 5.69 Å². The zero-order chi connectivity index (χ0) is 13.0. The Kier molecular flexibility index (Phi) is 4.61. The van der Waals surface area contributed by atoms with Gasteiger partial charge in [0.25, 0.3) is 0 Å². The first kappa shape index (κ1) is 13.4. The van der Waals surface area contributed by atoms with Gasteiger partial charge in [-0.05, 0) is 50.7 Å². The summed E-state index contributed by atoms with van der Waals surface area (Å²) in [4.78, 5) is 4.54. The molecule has 0 radical (unpaired) electrons. The predicted molar refractivity (Wildman–Crippen MR) is 78.1 cm³/mol. The molecule has 0 spiro atoms. The van der Waals surface area contributed by atoms with Gasteiger partial charge in [0.2, 0.25) is 0 Å². The van der Waals surface area contributed by atoms with Gasteiger partial charge in [0.15, 0.2) is 0 Å². The largest absolute Gasteiger partial charge is 0.378 e. The van der Waals surface area contributed by atoms with Crippen LogP contribution in [-0.4, -0.2) is 45.2 Å². The zero-order valence-electron chi connectivity index (χ0n) is 11.8. The number of anilines is 1. The lowest BCUT2D eigenvalue weighted by Crippen LogP contribution is -2.40. The highest BCUT2D eigenvalue weighted by atomic mass is 15.1. The van der Waals surface area contributed by atoms with Crippen LogP contribution in [-0.2, 0) is 6.54 Å². The highest BCUT2D eigenvalue weighted by Gasteiger charge is 2.15. The third kappa shape index (κ3) is 3.72. The molecule has 0 unspecified atom stereocenters. The molecule has 1 aliphatic rings. The molecule has 1 aromatic rings. The van der Waals surface area contributed by atoms with E-state index in [4.69, 9.17) is 0 Å². The fourth-order valence-corrected chi connectivity index (χ4v) is 2.39. The first-order valence-corrected chi connectivity index (χ1v) is 6.83. The second kappa shape index (κ2) is 6.21. The monoisotopic (exact) mass is 247 g/mol. The lowest BCUT2D eigenvalue weighted by Gasteiger charge is -2.29. The summed E-state index contributed by atoms with van der Waals surface area (Å²) in [5, 5.41) is 3.67. The second-order valence-electron chi connectivity index (χ2n) is 5.52. The molecule has 1 aromatic carbocycles. The van der Waals surface area contributed by atoms with Gasteiger partial charge in [0, 0.05) is 32.4 Å². The fourth-order valence-electron chi connectivity index (χ4n) is 2.39. The molecule has 0 aromatic heterocycles. The highest BCUT2D eigenvalue weighted by Crippen LogP contribution is 2.13. The number of likely N-dealkylation sites (tertiary alicyclic amines) is 1. The Morgan fingerprint density at radius 1 is 1.17 bits per heavy atom. The predicted octanol–water partition coefficient (Wildman–Crippen LogP) is 1.94. The normalized spacial score (nSPS) is 17.9. The van der Waals surface area contributed by atoms with Crippen molar-refractivity contribution in [3.05, 3.63) is 29.8 Å². The van der Waals surface area contributed by atoms with Gasteiger partial charge in [-0.2, -0.15) is 0 Å². The maximum absolute atomic E-state index is 3.67. The van der Waals surface area contributed by atoms with Crippen molar-refractivity contribution in [3.63, 3.8) is 0 Å². The average molecular weight is 247 g/mol. The Bertz CT molecular complexity index is 351. The van der Waals surface area contributed by atoms with Crippen LogP contribution < -0.4 is 10.2 Å². The summed E-state index contributed by atoms with van der Waals surface area (Å²) in [6, 6.07) is 9.50. The van der Waals surface area contributed by atoms with Crippen LogP contribution in [0, 0.1) is 0 Å². The maximum atomic E-state index is 3.67. The van der Waals surface area contributed by atoms with Gasteiger partial charge in [-0.3, -0.25) is 0 Å². The molecule has 1 aliphatic heterocycles. The minimum atomic E-state index is 0.690. The first-order chi connectivity index (χ1) is 8.65. The number of nitrogens with zero attached hydrogens (tertiary/aromatic N) is 2. The van der Waals surface area contributed by atoms with Crippen molar-refractivity contribution in [3.8, 4) is 0 Å². The van der Waals surface area contributed by atoms with Gasteiger partial charge >= 0.3 is 0 Å². The third-order valence-electron chi connectivity index (χ3n) is 3.77. The van der Waals surface area contributed by atoms with Crippen LogP contribution in [0.15, 0.2) is 24.3 Å². The summed E-state index contributed by atoms with van der Waals surface area (Å²) >= 11 is 0. The summed E-state index contributed by atoms with van der Waals surface area (Å²) in [5.74, 6) is 0. The molecule has 0 atom stereocenters. The second-order valence-corrected chi connectivity index (χ2v) is 5.52. The van der Waals surface area contributed by atoms with Crippen molar-refractivity contribution in [2.24, 2.45) is 0 Å². The smallest absolute Gasteiger partial charge is 0.0361 e. The topological polar surface area (TPSA) is 18.5 Å². The van der Waals surface area contributed by atoms with Crippen LogP contribution in [0.2, 0.25) is 0 Å². The van der Waals surface area contributed by atoms with Crippen molar-refractivity contribution < 1.29 is 0 Å². The molecular formula is C15H25N3. The molecule has 1 N–H and O–H groups in total. The quantitative estimate of drug-likeness (QED) is 0.877. The Balaban J connectivity index is 1.79. The van der Waals surface area contributed by atoms with E-state index < -0.39 is 0 Å². The van der Waals surface area contributed by atoms with Gasteiger partial charge < -0.3 is 15.1 Å². The molecule has 1 fully saturated rings. The van der Waals surface area contributed by atoms with Crippen LogP contribution in [0.3, 0.4) is 0 Å². The van der Waals surface area contributed by atoms with Crippen molar-refractivity contribution in [1.29, 1.82) is 0 Å². The Morgan fingerprint density at radius 3 is 2.33 bits per heavy atom. The molecule has 0 aliphatic carbocycles. The van der Waals surface area contributed by atoms with E-state index >= 15 is 0 Å². The number of nitrogens with one attached hydrogen (secondary N) is 1. The standard InChI is InChI=1S/C15H25N3/c1-17(2)15-6-4-13(5-7-15)12-16-14-8-10-18(3)11-9-14/h4-7,14,16H,8-12H2,1-3H3. The van der Waals surface area contributed by atoms with Crippen molar-refractivity contribution in [2.75, 3.05) is 39.1 Å². The minimum absolute atomic E-state index is 0.690. The number of hydrogen-bond donors (Lipinski definition) is 1. The molecule has 2 rings (SSSR count). The summed E-state index contributed by atoms with van der Waals surface area (Å²) in [5.41, 5.74) is 2.64. The highest BCUT2D eigenvalue weighted by molar-refractivity contribution is 5.45. The molecule has 3 nitrogen and oxygen atoms in total. The van der Waals surface area contributed by atoms with E-state index in [1.54, 1.807) is 0 Å². The number of rotatable bonds is 4. The molecule has 1 saturated heterocycles. The molecule has 3 heteroatoms. The molecular weight excluding hydrogens is 222 g/mol. The third-order valence-corrected chi connectivity index (χ3v) is 3.77. The molecule has 0 bridgehead atoms. The number of hydrogen-bond acceptors (Lipinski definition) is 3. The van der Waals surface area contributed by atoms with Crippen molar-refractivity contribution in [1.82, 2.24) is 10.2 Å². The Labute approximate surface area is 111 Å². The lowest BCUT2D eigenvalue weighted by atomic mass is 10.1. The Hall–Kier alpha value is -1.06. The van der Waals surface area contributed by atoms with Gasteiger partial charge in [-0.25, -0.2) is 0 Å². The summed E-state index contributed by atoms with van der Waals surface area (Å²) in [6.45, 7) is 3.43. The first-order valence-electron chi connectivity index (χ1n) is 6.83. The average Bonchev–Trinajstić information content (AvgIpc) is 2.38. The Morgan fingerprint density at radius 2 is 1.78 bits per heavy atom. The molecule has 18 heavy (non-hydrogen) atoms. The minimum Gasteiger partial charge on any atom is -0.378 e. The van der Waals surface area contributed by atoms with E-state index in [0.717, 1.165) is 6.54 Å². The van der Waals surface area contributed by atoms with E-state index in [1.165, 1.54) is 37.2 Å². The maximum Gasteiger partial charge on any atom is 0.0361 e. The summed E-state index contributed by atoms with van der Waals surface area (Å²) in [6.07, 6.45) is 2.54. The number of benzene rings is 1. The van der Waals surface area contributed by atoms with Gasteiger partial charge in [-0.15, -0.1) is 0 Å². The van der Waals surface area contributed by atoms with Crippen molar-refractivity contribution in [2.45, 2.75) is 25.4 Å². The number of piperidine rings is 1. The van der Waals surface area contributed by atoms with Crippen LogP contribution in [0.5, 0.6) is 0 Å². The van der Waals surface area contributed by atoms with E-state index in [0.29, 0.717) is 6.04 Å². The molecule has 1 heterocycles.